The number of carbonyl (C=O) groups is 2. The van der Waals surface area contributed by atoms with E-state index in [9.17, 15) is 32.9 Å². The Kier molecular flexibility index (Phi) is 4.43. The molecule has 0 aliphatic carbocycles. The lowest BCUT2D eigenvalue weighted by Gasteiger charge is -2.29. The summed E-state index contributed by atoms with van der Waals surface area (Å²) >= 11 is 0. The third-order valence-corrected chi connectivity index (χ3v) is 2.85. The van der Waals surface area contributed by atoms with E-state index in [-0.39, 0.29) is 0 Å². The molecule has 11 heteroatoms. The van der Waals surface area contributed by atoms with Crippen LogP contribution in [0.4, 0.5) is 18.9 Å². The Bertz CT molecular complexity index is 761. The first-order valence-corrected chi connectivity index (χ1v) is 6.60. The molecule has 134 valence electrons. The second kappa shape index (κ2) is 6.07. The maximum Gasteiger partial charge on any atom is 0.573 e. The number of non-ortho nitro benzene ring substituents is 1. The van der Waals surface area contributed by atoms with Crippen molar-refractivity contribution in [2.75, 3.05) is 0 Å². The van der Waals surface area contributed by atoms with Gasteiger partial charge < -0.3 is 14.2 Å². The normalized spacial score (nSPS) is 16.8. The number of nitro groups is 1. The van der Waals surface area contributed by atoms with Crippen molar-refractivity contribution in [2.24, 2.45) is 0 Å². The molecule has 0 spiro atoms. The first-order valence-electron chi connectivity index (χ1n) is 6.60. The molecular weight excluding hydrogens is 351 g/mol. The minimum atomic E-state index is -5.08. The predicted octanol–water partition coefficient (Wildman–Crippen LogP) is 2.71. The molecule has 0 bridgehead atoms. The van der Waals surface area contributed by atoms with E-state index in [1.54, 1.807) is 0 Å². The molecule has 1 aliphatic rings. The molecule has 0 amide bonds. The fraction of sp³-hybridized carbons (Fsp3) is 0.286. The first kappa shape index (κ1) is 18.2. The van der Waals surface area contributed by atoms with Crippen molar-refractivity contribution in [1.29, 1.82) is 0 Å². The summed E-state index contributed by atoms with van der Waals surface area (Å²) in [5, 5.41) is 10.8. The van der Waals surface area contributed by atoms with E-state index in [1.807, 2.05) is 0 Å². The number of carbonyl (C=O) groups excluding carboxylic acids is 2. The molecule has 1 saturated heterocycles. The Labute approximate surface area is 137 Å². The van der Waals surface area contributed by atoms with Crippen molar-refractivity contribution in [3.05, 3.63) is 39.4 Å². The van der Waals surface area contributed by atoms with Gasteiger partial charge in [0, 0.05) is 31.5 Å². The molecular formula is C14H10F3NO7. The Morgan fingerprint density at radius 2 is 1.76 bits per heavy atom. The van der Waals surface area contributed by atoms with E-state index in [0.717, 1.165) is 6.07 Å². The van der Waals surface area contributed by atoms with Gasteiger partial charge in [-0.3, -0.25) is 10.1 Å². The Morgan fingerprint density at radius 3 is 2.24 bits per heavy atom. The van der Waals surface area contributed by atoms with Gasteiger partial charge in [0.05, 0.1) is 4.92 Å². The molecule has 0 radical (unpaired) electrons. The lowest BCUT2D eigenvalue weighted by atomic mass is 10.1. The highest BCUT2D eigenvalue weighted by molar-refractivity contribution is 6.19. The number of rotatable bonds is 3. The van der Waals surface area contributed by atoms with Gasteiger partial charge in [0.2, 0.25) is 0 Å². The molecule has 0 saturated carbocycles. The van der Waals surface area contributed by atoms with Crippen LogP contribution in [0, 0.1) is 10.1 Å². The second-order valence-corrected chi connectivity index (χ2v) is 5.26. The maximum atomic E-state index is 12.5. The lowest BCUT2D eigenvalue weighted by molar-refractivity contribution is -0.385. The zero-order valence-electron chi connectivity index (χ0n) is 12.7. The first-order chi connectivity index (χ1) is 11.4. The molecule has 0 atom stereocenters. The highest BCUT2D eigenvalue weighted by Gasteiger charge is 2.39. The summed E-state index contributed by atoms with van der Waals surface area (Å²) in [4.78, 5) is 33.6. The van der Waals surface area contributed by atoms with Crippen LogP contribution in [0.25, 0.3) is 6.08 Å². The van der Waals surface area contributed by atoms with Gasteiger partial charge in [0.1, 0.15) is 11.3 Å². The van der Waals surface area contributed by atoms with Crippen molar-refractivity contribution in [3.63, 3.8) is 0 Å². The molecule has 0 unspecified atom stereocenters. The largest absolute Gasteiger partial charge is 0.573 e. The van der Waals surface area contributed by atoms with Crippen LogP contribution in [0.15, 0.2) is 23.8 Å². The molecule has 1 aliphatic heterocycles. The van der Waals surface area contributed by atoms with E-state index < -0.39 is 51.6 Å². The third kappa shape index (κ3) is 4.46. The van der Waals surface area contributed by atoms with E-state index in [0.29, 0.717) is 18.2 Å². The number of ether oxygens (including phenoxy) is 3. The number of hydrogen-bond donors (Lipinski definition) is 0. The number of benzene rings is 1. The van der Waals surface area contributed by atoms with Gasteiger partial charge in [0.25, 0.3) is 11.5 Å². The van der Waals surface area contributed by atoms with Crippen LogP contribution in [-0.4, -0.2) is 29.0 Å². The molecule has 1 aromatic carbocycles. The van der Waals surface area contributed by atoms with Gasteiger partial charge in [-0.1, -0.05) is 0 Å². The minimum absolute atomic E-state index is 0.518. The molecule has 1 heterocycles. The third-order valence-electron chi connectivity index (χ3n) is 2.85. The smallest absolute Gasteiger partial charge is 0.419 e. The summed E-state index contributed by atoms with van der Waals surface area (Å²) in [6.45, 7) is 2.57. The quantitative estimate of drug-likeness (QED) is 0.268. The fourth-order valence-electron chi connectivity index (χ4n) is 1.91. The molecule has 2 rings (SSSR count). The van der Waals surface area contributed by atoms with Crippen molar-refractivity contribution in [3.8, 4) is 5.75 Å². The van der Waals surface area contributed by atoms with Gasteiger partial charge in [-0.25, -0.2) is 9.59 Å². The monoisotopic (exact) mass is 361 g/mol. The highest BCUT2D eigenvalue weighted by atomic mass is 19.4. The van der Waals surface area contributed by atoms with Crippen molar-refractivity contribution in [1.82, 2.24) is 0 Å². The van der Waals surface area contributed by atoms with E-state index >= 15 is 0 Å². The summed E-state index contributed by atoms with van der Waals surface area (Å²) in [6.07, 6.45) is -4.41. The number of cyclic esters (lactones) is 2. The van der Waals surface area contributed by atoms with Crippen LogP contribution < -0.4 is 4.74 Å². The van der Waals surface area contributed by atoms with Crippen LogP contribution in [0.1, 0.15) is 19.4 Å². The average Bonchev–Trinajstić information content (AvgIpc) is 2.41. The SMILES string of the molecule is CC1(C)OC(=O)C(=Cc2cc([N+](=O)[O-])ccc2OC(F)(F)F)C(=O)O1. The van der Waals surface area contributed by atoms with E-state index in [1.165, 1.54) is 13.8 Å². The van der Waals surface area contributed by atoms with Crippen LogP contribution >= 0.6 is 0 Å². The Hall–Kier alpha value is -3.11. The zero-order valence-corrected chi connectivity index (χ0v) is 12.7. The molecule has 1 aromatic rings. The summed E-state index contributed by atoms with van der Waals surface area (Å²) in [5.41, 5.74) is -1.82. The number of alkyl halides is 3. The number of nitro benzene ring substituents is 1. The van der Waals surface area contributed by atoms with Crippen molar-refractivity contribution >= 4 is 23.7 Å². The van der Waals surface area contributed by atoms with Crippen molar-refractivity contribution in [2.45, 2.75) is 26.0 Å². The average molecular weight is 361 g/mol. The molecule has 0 N–H and O–H groups in total. The molecule has 8 nitrogen and oxygen atoms in total. The van der Waals surface area contributed by atoms with Crippen LogP contribution in [0.5, 0.6) is 5.75 Å². The number of nitrogens with zero attached hydrogens (tertiary/aromatic N) is 1. The van der Waals surface area contributed by atoms with Crippen LogP contribution in [0.3, 0.4) is 0 Å². The highest BCUT2D eigenvalue weighted by Crippen LogP contribution is 2.32. The summed E-state index contributed by atoms with van der Waals surface area (Å²) in [5.74, 6) is -4.67. The predicted molar refractivity (Wildman–Crippen MR) is 74.0 cm³/mol. The Morgan fingerprint density at radius 1 is 1.20 bits per heavy atom. The lowest BCUT2D eigenvalue weighted by Crippen LogP contribution is -2.41. The number of hydrogen-bond acceptors (Lipinski definition) is 7. The summed E-state index contributed by atoms with van der Waals surface area (Å²) < 4.78 is 50.7. The summed E-state index contributed by atoms with van der Waals surface area (Å²) in [6, 6.07) is 2.19. The number of halogens is 3. The van der Waals surface area contributed by atoms with Gasteiger partial charge in [-0.2, -0.15) is 0 Å². The van der Waals surface area contributed by atoms with Gasteiger partial charge >= 0.3 is 18.3 Å². The Balaban J connectivity index is 2.52. The van der Waals surface area contributed by atoms with Gasteiger partial charge in [-0.05, 0) is 12.1 Å². The zero-order chi connectivity index (χ0) is 19.0. The molecule has 25 heavy (non-hydrogen) atoms. The van der Waals surface area contributed by atoms with Crippen LogP contribution in [-0.2, 0) is 19.1 Å². The van der Waals surface area contributed by atoms with Gasteiger partial charge in [0.15, 0.2) is 0 Å². The van der Waals surface area contributed by atoms with Crippen molar-refractivity contribution < 1.29 is 41.9 Å². The maximum absolute atomic E-state index is 12.5. The minimum Gasteiger partial charge on any atom is -0.419 e. The molecule has 0 aromatic heterocycles. The number of esters is 2. The molecule has 1 fully saturated rings. The van der Waals surface area contributed by atoms with Crippen LogP contribution in [0.2, 0.25) is 0 Å². The second-order valence-electron chi connectivity index (χ2n) is 5.26. The topological polar surface area (TPSA) is 105 Å². The fourth-order valence-corrected chi connectivity index (χ4v) is 1.91. The van der Waals surface area contributed by atoms with E-state index in [4.69, 9.17) is 9.47 Å². The summed E-state index contributed by atoms with van der Waals surface area (Å²) in [7, 11) is 0. The van der Waals surface area contributed by atoms with Gasteiger partial charge in [-0.15, -0.1) is 13.2 Å². The standard InChI is InChI=1S/C14H10F3NO7/c1-13(2)24-11(19)9(12(20)25-13)6-7-5-8(18(21)22)3-4-10(7)23-14(15,16)17/h3-6H,1-2H3. The van der Waals surface area contributed by atoms with E-state index in [2.05, 4.69) is 4.74 Å².